The van der Waals surface area contributed by atoms with E-state index in [-0.39, 0.29) is 16.6 Å². The van der Waals surface area contributed by atoms with Crippen LogP contribution in [0.4, 0.5) is 5.69 Å². The van der Waals surface area contributed by atoms with Crippen molar-refractivity contribution >= 4 is 23.4 Å². The average molecular weight is 384 g/mol. The summed E-state index contributed by atoms with van der Waals surface area (Å²) in [5.74, 6) is 3.29. The fourth-order valence-electron chi connectivity index (χ4n) is 5.81. The van der Waals surface area contributed by atoms with Gasteiger partial charge in [-0.15, -0.1) is 10.2 Å². The zero-order valence-corrected chi connectivity index (χ0v) is 16.4. The molecule has 4 aliphatic carbocycles. The van der Waals surface area contributed by atoms with Gasteiger partial charge in [0, 0.05) is 11.1 Å². The zero-order chi connectivity index (χ0) is 18.4. The van der Waals surface area contributed by atoms with Crippen LogP contribution in [0.1, 0.15) is 51.3 Å². The van der Waals surface area contributed by atoms with Crippen LogP contribution in [-0.2, 0) is 10.2 Å². The molecule has 142 valence electrons. The average Bonchev–Trinajstić information content (AvgIpc) is 3.11. The van der Waals surface area contributed by atoms with Gasteiger partial charge in [-0.05, 0) is 75.3 Å². The fourth-order valence-corrected chi connectivity index (χ4v) is 6.50. The minimum Gasteiger partial charge on any atom is -0.415 e. The van der Waals surface area contributed by atoms with E-state index in [9.17, 15) is 4.79 Å². The third-order valence-electron chi connectivity index (χ3n) is 6.59. The summed E-state index contributed by atoms with van der Waals surface area (Å²) in [6.07, 6.45) is 7.79. The molecule has 0 saturated heterocycles. The first kappa shape index (κ1) is 17.3. The predicted octanol–water partition coefficient (Wildman–Crippen LogP) is 4.66. The van der Waals surface area contributed by atoms with E-state index in [1.165, 1.54) is 50.3 Å². The minimum absolute atomic E-state index is 0.0549. The predicted molar refractivity (Wildman–Crippen MR) is 105 cm³/mol. The Morgan fingerprint density at radius 3 is 2.37 bits per heavy atom. The molecule has 1 aromatic carbocycles. The third kappa shape index (κ3) is 3.28. The second-order valence-electron chi connectivity index (χ2n) is 8.69. The van der Waals surface area contributed by atoms with E-state index in [0.29, 0.717) is 5.22 Å². The van der Waals surface area contributed by atoms with E-state index in [2.05, 4.69) is 15.5 Å². The Bertz CT molecular complexity index is 800. The highest BCUT2D eigenvalue weighted by molar-refractivity contribution is 8.00. The largest absolute Gasteiger partial charge is 0.415 e. The van der Waals surface area contributed by atoms with Crippen molar-refractivity contribution in [2.45, 2.75) is 61.3 Å². The van der Waals surface area contributed by atoms with Crippen LogP contribution in [0.15, 0.2) is 40.0 Å². The van der Waals surface area contributed by atoms with E-state index in [1.54, 1.807) is 0 Å². The smallest absolute Gasteiger partial charge is 0.277 e. The topological polar surface area (TPSA) is 68.0 Å². The lowest BCUT2D eigenvalue weighted by atomic mass is 9.49. The highest BCUT2D eigenvalue weighted by atomic mass is 32.2. The first-order valence-corrected chi connectivity index (χ1v) is 10.8. The standard InChI is InChI=1S/C21H25N3O2S/c1-13(18(25)22-17-5-3-2-4-6-17)27-20-24-23-19(26-20)21-10-14-7-15(11-21)9-16(8-14)12-21/h2-6,13-16H,7-12H2,1H3,(H,22,25)/t13-,14?,15?,16?,21?/m1/s1. The van der Waals surface area contributed by atoms with Gasteiger partial charge in [-0.3, -0.25) is 4.79 Å². The molecule has 6 heteroatoms. The second kappa shape index (κ2) is 6.66. The van der Waals surface area contributed by atoms with Crippen molar-refractivity contribution in [2.75, 3.05) is 5.32 Å². The summed E-state index contributed by atoms with van der Waals surface area (Å²) >= 11 is 1.34. The molecule has 2 aromatic rings. The Kier molecular flexibility index (Phi) is 4.26. The Morgan fingerprint density at radius 2 is 1.74 bits per heavy atom. The molecular weight excluding hydrogens is 358 g/mol. The van der Waals surface area contributed by atoms with Gasteiger partial charge in [0.15, 0.2) is 0 Å². The maximum Gasteiger partial charge on any atom is 0.277 e. The van der Waals surface area contributed by atoms with Gasteiger partial charge >= 0.3 is 0 Å². The number of hydrogen-bond donors (Lipinski definition) is 1. The molecule has 1 atom stereocenters. The molecule has 0 unspecified atom stereocenters. The van der Waals surface area contributed by atoms with Crippen LogP contribution < -0.4 is 5.32 Å². The SMILES string of the molecule is C[C@@H](Sc1nnc(C23CC4CC(CC(C4)C2)C3)o1)C(=O)Nc1ccccc1. The van der Waals surface area contributed by atoms with Crippen molar-refractivity contribution < 1.29 is 9.21 Å². The molecule has 27 heavy (non-hydrogen) atoms. The van der Waals surface area contributed by atoms with Gasteiger partial charge in [-0.2, -0.15) is 0 Å². The highest BCUT2D eigenvalue weighted by Gasteiger charge is 2.54. The summed E-state index contributed by atoms with van der Waals surface area (Å²) < 4.78 is 6.10. The molecule has 4 fully saturated rings. The van der Waals surface area contributed by atoms with Crippen molar-refractivity contribution in [3.8, 4) is 0 Å². The summed E-state index contributed by atoms with van der Waals surface area (Å²) in [6, 6.07) is 9.50. The first-order valence-electron chi connectivity index (χ1n) is 9.96. The number of nitrogens with zero attached hydrogens (tertiary/aromatic N) is 2. The molecule has 4 aliphatic rings. The van der Waals surface area contributed by atoms with Crippen molar-refractivity contribution in [1.82, 2.24) is 10.2 Å². The summed E-state index contributed by atoms with van der Waals surface area (Å²) in [5, 5.41) is 11.8. The van der Waals surface area contributed by atoms with Gasteiger partial charge < -0.3 is 9.73 Å². The number of carbonyl (C=O) groups is 1. The maximum absolute atomic E-state index is 12.4. The van der Waals surface area contributed by atoms with Crippen molar-refractivity contribution in [3.63, 3.8) is 0 Å². The van der Waals surface area contributed by atoms with Crippen LogP contribution in [0.3, 0.4) is 0 Å². The van der Waals surface area contributed by atoms with Crippen LogP contribution in [0, 0.1) is 17.8 Å². The molecule has 5 nitrogen and oxygen atoms in total. The molecule has 0 spiro atoms. The van der Waals surface area contributed by atoms with Crippen molar-refractivity contribution in [2.24, 2.45) is 17.8 Å². The fraction of sp³-hybridized carbons (Fsp3) is 0.571. The molecule has 6 rings (SSSR count). The van der Waals surface area contributed by atoms with Crippen LogP contribution in [0.5, 0.6) is 0 Å². The Hall–Kier alpha value is -1.82. The molecule has 1 N–H and O–H groups in total. The minimum atomic E-state index is -0.296. The van der Waals surface area contributed by atoms with Gasteiger partial charge in [0.05, 0.1) is 5.25 Å². The monoisotopic (exact) mass is 383 g/mol. The number of aromatic nitrogens is 2. The highest BCUT2D eigenvalue weighted by Crippen LogP contribution is 2.60. The lowest BCUT2D eigenvalue weighted by molar-refractivity contribution is -0.115. The molecule has 0 radical (unpaired) electrons. The van der Waals surface area contributed by atoms with Crippen LogP contribution in [-0.4, -0.2) is 21.4 Å². The zero-order valence-electron chi connectivity index (χ0n) is 15.6. The molecule has 1 heterocycles. The van der Waals surface area contributed by atoms with Gasteiger partial charge in [-0.25, -0.2) is 0 Å². The summed E-state index contributed by atoms with van der Waals surface area (Å²) in [4.78, 5) is 12.4. The van der Waals surface area contributed by atoms with Gasteiger partial charge in [0.2, 0.25) is 11.8 Å². The number of thioether (sulfide) groups is 1. The van der Waals surface area contributed by atoms with Crippen LogP contribution in [0.25, 0.3) is 0 Å². The van der Waals surface area contributed by atoms with E-state index in [1.807, 2.05) is 37.3 Å². The lowest BCUT2D eigenvalue weighted by Crippen LogP contribution is -2.48. The second-order valence-corrected chi connectivity index (χ2v) is 9.98. The molecule has 4 bridgehead atoms. The number of hydrogen-bond acceptors (Lipinski definition) is 5. The van der Waals surface area contributed by atoms with Gasteiger partial charge in [-0.1, -0.05) is 30.0 Å². The maximum atomic E-state index is 12.4. The van der Waals surface area contributed by atoms with E-state index in [4.69, 9.17) is 4.42 Å². The van der Waals surface area contributed by atoms with Gasteiger partial charge in [0.25, 0.3) is 5.22 Å². The first-order chi connectivity index (χ1) is 13.1. The van der Waals surface area contributed by atoms with Crippen LogP contribution in [0.2, 0.25) is 0 Å². The van der Waals surface area contributed by atoms with Crippen LogP contribution >= 0.6 is 11.8 Å². The number of nitrogens with one attached hydrogen (secondary N) is 1. The number of benzene rings is 1. The molecule has 0 aliphatic heterocycles. The van der Waals surface area contributed by atoms with Crippen molar-refractivity contribution in [3.05, 3.63) is 36.2 Å². The Morgan fingerprint density at radius 1 is 1.11 bits per heavy atom. The Labute approximate surface area is 163 Å². The number of anilines is 1. The quantitative estimate of drug-likeness (QED) is 0.761. The summed E-state index contributed by atoms with van der Waals surface area (Å²) in [6.45, 7) is 1.87. The van der Waals surface area contributed by atoms with E-state index < -0.39 is 0 Å². The number of rotatable bonds is 5. The summed E-state index contributed by atoms with van der Waals surface area (Å²) in [5.41, 5.74) is 0.908. The lowest BCUT2D eigenvalue weighted by Gasteiger charge is -2.55. The normalized spacial score (nSPS) is 32.4. The number of carbonyl (C=O) groups excluding carboxylic acids is 1. The van der Waals surface area contributed by atoms with E-state index in [0.717, 1.165) is 29.3 Å². The third-order valence-corrected chi connectivity index (χ3v) is 7.52. The molecule has 1 aromatic heterocycles. The number of amides is 1. The number of para-hydroxylation sites is 1. The molecule has 4 saturated carbocycles. The molecule has 1 amide bonds. The van der Waals surface area contributed by atoms with Gasteiger partial charge in [0.1, 0.15) is 0 Å². The van der Waals surface area contributed by atoms with E-state index >= 15 is 0 Å². The Balaban J connectivity index is 1.26. The van der Waals surface area contributed by atoms with Crippen molar-refractivity contribution in [1.29, 1.82) is 0 Å². The summed E-state index contributed by atoms with van der Waals surface area (Å²) in [7, 11) is 0. The molecular formula is C21H25N3O2S.